The van der Waals surface area contributed by atoms with Crippen LogP contribution in [0.1, 0.15) is 113 Å². The quantitative estimate of drug-likeness (QED) is 0.225. The van der Waals surface area contributed by atoms with Crippen molar-refractivity contribution in [2.75, 3.05) is 6.61 Å². The highest BCUT2D eigenvalue weighted by molar-refractivity contribution is 6.10. The molecule has 0 aromatic rings. The number of hydrogen-bond donors (Lipinski definition) is 1. The molecule has 5 heteroatoms. The lowest BCUT2D eigenvalue weighted by Gasteiger charge is -2.28. The highest BCUT2D eigenvalue weighted by Crippen LogP contribution is 2.37. The van der Waals surface area contributed by atoms with E-state index in [1.807, 2.05) is 27.7 Å². The van der Waals surface area contributed by atoms with Crippen molar-refractivity contribution in [2.45, 2.75) is 119 Å². The maximum atomic E-state index is 13.3. The summed E-state index contributed by atoms with van der Waals surface area (Å²) < 4.78 is 5.15. The van der Waals surface area contributed by atoms with E-state index >= 15 is 0 Å². The zero-order valence-corrected chi connectivity index (χ0v) is 25.0. The second kappa shape index (κ2) is 12.7. The molecule has 0 aromatic heterocycles. The van der Waals surface area contributed by atoms with E-state index in [0.717, 1.165) is 54.4 Å². The van der Waals surface area contributed by atoms with Gasteiger partial charge in [-0.1, -0.05) is 65.8 Å². The topological polar surface area (TPSA) is 80.7 Å². The normalized spacial score (nSPS) is 19.4. The number of rotatable bonds is 15. The molecule has 0 atom stereocenters. The van der Waals surface area contributed by atoms with Crippen LogP contribution in [0.4, 0.5) is 0 Å². The summed E-state index contributed by atoms with van der Waals surface area (Å²) in [6.07, 6.45) is 15.0. The van der Waals surface area contributed by atoms with E-state index < -0.39 is 5.60 Å². The van der Waals surface area contributed by atoms with Gasteiger partial charge in [0.1, 0.15) is 5.60 Å². The molecule has 38 heavy (non-hydrogen) atoms. The Morgan fingerprint density at radius 3 is 1.45 bits per heavy atom. The van der Waals surface area contributed by atoms with Crippen LogP contribution in [-0.2, 0) is 19.1 Å². The Hall–Kier alpha value is -2.27. The molecule has 0 bridgehead atoms. The minimum atomic E-state index is -0.537. The molecular weight excluding hydrogens is 476 g/mol. The van der Waals surface area contributed by atoms with Gasteiger partial charge in [-0.2, -0.15) is 0 Å². The first-order valence-electron chi connectivity index (χ1n) is 14.2. The van der Waals surface area contributed by atoms with Crippen molar-refractivity contribution in [3.8, 4) is 0 Å². The molecule has 0 saturated carbocycles. The van der Waals surface area contributed by atoms with E-state index in [-0.39, 0.29) is 34.4 Å². The van der Waals surface area contributed by atoms with Crippen LogP contribution in [0.15, 0.2) is 46.6 Å². The zero-order chi connectivity index (χ0) is 28.8. The Kier molecular flexibility index (Phi) is 10.7. The van der Waals surface area contributed by atoms with Crippen LogP contribution in [0.25, 0.3) is 0 Å². The molecule has 0 heterocycles. The van der Waals surface area contributed by atoms with E-state index in [1.54, 1.807) is 0 Å². The van der Waals surface area contributed by atoms with Gasteiger partial charge in [0, 0.05) is 17.4 Å². The molecule has 2 rings (SSSR count). The van der Waals surface area contributed by atoms with Gasteiger partial charge in [0.25, 0.3) is 6.47 Å². The molecule has 0 radical (unpaired) electrons. The van der Waals surface area contributed by atoms with Gasteiger partial charge in [-0.15, -0.1) is 0 Å². The van der Waals surface area contributed by atoms with Gasteiger partial charge < -0.3 is 9.84 Å². The van der Waals surface area contributed by atoms with Crippen molar-refractivity contribution in [1.82, 2.24) is 0 Å². The maximum absolute atomic E-state index is 13.3. The predicted octanol–water partition coefficient (Wildman–Crippen LogP) is 7.39. The highest BCUT2D eigenvalue weighted by atomic mass is 16.5. The minimum absolute atomic E-state index is 0.106. The summed E-state index contributed by atoms with van der Waals surface area (Å²) in [7, 11) is 0. The Labute approximate surface area is 230 Å². The van der Waals surface area contributed by atoms with Crippen molar-refractivity contribution >= 4 is 18.0 Å². The molecule has 2 aliphatic carbocycles. The summed E-state index contributed by atoms with van der Waals surface area (Å²) in [5.41, 5.74) is 2.35. The third kappa shape index (κ3) is 9.80. The zero-order valence-electron chi connectivity index (χ0n) is 25.0. The van der Waals surface area contributed by atoms with Gasteiger partial charge in [-0.25, -0.2) is 0 Å². The molecule has 0 aromatic carbocycles. The number of carbonyl (C=O) groups excluding carboxylic acids is 3. The Bertz CT molecular complexity index is 1010. The van der Waals surface area contributed by atoms with Gasteiger partial charge in [0.2, 0.25) is 0 Å². The average Bonchev–Trinajstić information content (AvgIpc) is 2.78. The maximum Gasteiger partial charge on any atom is 0.293 e. The smallest absolute Gasteiger partial charge is 0.293 e. The second-order valence-corrected chi connectivity index (χ2v) is 13.8. The van der Waals surface area contributed by atoms with Gasteiger partial charge in [-0.3, -0.25) is 14.4 Å². The molecule has 2 aliphatic rings. The first kappa shape index (κ1) is 31.9. The standard InChI is InChI=1S/C33H50O5/c1-30(2,22-34)16-10-14-26-20-31(3,4)18-24(28(26)36)12-9-13-25-19-32(5,6)21-27(29(25)37)15-11-17-33(7,8)38-23-35/h18-21,23,34H,9-17,22H2,1-8H3. The van der Waals surface area contributed by atoms with Crippen molar-refractivity contribution in [2.24, 2.45) is 16.2 Å². The van der Waals surface area contributed by atoms with E-state index in [4.69, 9.17) is 4.74 Å². The van der Waals surface area contributed by atoms with Crippen molar-refractivity contribution in [1.29, 1.82) is 0 Å². The van der Waals surface area contributed by atoms with Crippen LogP contribution in [0, 0.1) is 16.2 Å². The Morgan fingerprint density at radius 1 is 0.711 bits per heavy atom. The van der Waals surface area contributed by atoms with Crippen molar-refractivity contribution < 1.29 is 24.2 Å². The fourth-order valence-electron chi connectivity index (χ4n) is 5.50. The molecule has 0 amide bonds. The SMILES string of the molecule is CC1(C)C=C(CCCC2=CC(C)(C)C=C(CCCC(C)(C)OC=O)C2=O)C(=O)C(CCCC(C)(C)CO)=C1. The molecule has 212 valence electrons. The number of hydrogen-bond acceptors (Lipinski definition) is 5. The summed E-state index contributed by atoms with van der Waals surface area (Å²) >= 11 is 0. The van der Waals surface area contributed by atoms with E-state index in [9.17, 15) is 19.5 Å². The second-order valence-electron chi connectivity index (χ2n) is 13.8. The molecule has 0 aliphatic heterocycles. The molecular formula is C33H50O5. The number of Topliss-reactive ketones (excluding diaryl/α,β-unsaturated/α-hetero) is 2. The number of carbonyl (C=O) groups is 3. The minimum Gasteiger partial charge on any atom is -0.462 e. The number of aliphatic hydroxyl groups is 1. The van der Waals surface area contributed by atoms with Gasteiger partial charge in [-0.05, 0) is 99.3 Å². The molecule has 5 nitrogen and oxygen atoms in total. The van der Waals surface area contributed by atoms with Gasteiger partial charge in [0.05, 0.1) is 0 Å². The molecule has 0 unspecified atom stereocenters. The van der Waals surface area contributed by atoms with Crippen LogP contribution in [0.5, 0.6) is 0 Å². The summed E-state index contributed by atoms with van der Waals surface area (Å²) in [5, 5.41) is 9.54. The first-order valence-corrected chi connectivity index (χ1v) is 14.2. The number of ketones is 2. The fraction of sp³-hybridized carbons (Fsp3) is 0.667. The fourth-order valence-corrected chi connectivity index (χ4v) is 5.50. The lowest BCUT2D eigenvalue weighted by atomic mass is 9.76. The van der Waals surface area contributed by atoms with E-state index in [2.05, 4.69) is 52.0 Å². The number of allylic oxidation sites excluding steroid dienone is 8. The number of ether oxygens (including phenoxy) is 1. The molecule has 0 saturated heterocycles. The van der Waals surface area contributed by atoms with Crippen LogP contribution < -0.4 is 0 Å². The first-order chi connectivity index (χ1) is 17.5. The van der Waals surface area contributed by atoms with E-state index in [1.165, 1.54) is 0 Å². The lowest BCUT2D eigenvalue weighted by Crippen LogP contribution is -2.24. The van der Waals surface area contributed by atoms with Crippen LogP contribution in [0.3, 0.4) is 0 Å². The Balaban J connectivity index is 1.98. The van der Waals surface area contributed by atoms with Gasteiger partial charge in [0.15, 0.2) is 11.6 Å². The monoisotopic (exact) mass is 526 g/mol. The lowest BCUT2D eigenvalue weighted by molar-refractivity contribution is -0.140. The Morgan fingerprint density at radius 2 is 1.08 bits per heavy atom. The molecule has 0 spiro atoms. The number of aliphatic hydroxyl groups excluding tert-OH is 1. The largest absolute Gasteiger partial charge is 0.462 e. The van der Waals surface area contributed by atoms with E-state index in [0.29, 0.717) is 32.2 Å². The highest BCUT2D eigenvalue weighted by Gasteiger charge is 2.29. The summed E-state index contributed by atoms with van der Waals surface area (Å²) in [5.74, 6) is 0.242. The van der Waals surface area contributed by atoms with Crippen LogP contribution >= 0.6 is 0 Å². The third-order valence-electron chi connectivity index (χ3n) is 7.56. The average molecular weight is 527 g/mol. The van der Waals surface area contributed by atoms with Crippen LogP contribution in [-0.4, -0.2) is 35.4 Å². The van der Waals surface area contributed by atoms with Crippen molar-refractivity contribution in [3.63, 3.8) is 0 Å². The predicted molar refractivity (Wildman–Crippen MR) is 154 cm³/mol. The van der Waals surface area contributed by atoms with Crippen molar-refractivity contribution in [3.05, 3.63) is 46.6 Å². The molecule has 1 N–H and O–H groups in total. The summed E-state index contributed by atoms with van der Waals surface area (Å²) in [6.45, 7) is 17.0. The third-order valence-corrected chi connectivity index (χ3v) is 7.56. The van der Waals surface area contributed by atoms with Gasteiger partial charge >= 0.3 is 0 Å². The van der Waals surface area contributed by atoms with Crippen LogP contribution in [0.2, 0.25) is 0 Å². The molecule has 0 fully saturated rings. The summed E-state index contributed by atoms with van der Waals surface area (Å²) in [4.78, 5) is 37.3. The summed E-state index contributed by atoms with van der Waals surface area (Å²) in [6, 6.07) is 0.